The van der Waals surface area contributed by atoms with E-state index in [4.69, 9.17) is 9.47 Å². The standard InChI is InChI=1S/C28H27N3O6S/c1-3-36-28(35)23-21-10-6-7-11-22(21)38-26(23)30-24(32)25(33)31-29-16-18-12-14-19(15-13-18)37-27(34)20-9-5-4-8-17(20)2/h4-5,8-9,12-16H,3,6-7,10-11H2,1-2H3,(H,30,32)(H,31,33)/b29-16-. The number of anilines is 1. The van der Waals surface area contributed by atoms with Gasteiger partial charge in [-0.3, -0.25) is 9.59 Å². The SMILES string of the molecule is CCOC(=O)c1c(NC(=O)C(=O)N/N=C\c2ccc(OC(=O)c3ccccc3C)cc2)sc2c1CCCC2. The molecule has 2 amide bonds. The summed E-state index contributed by atoms with van der Waals surface area (Å²) in [6.07, 6.45) is 4.87. The third-order valence-electron chi connectivity index (χ3n) is 5.92. The zero-order valence-corrected chi connectivity index (χ0v) is 21.9. The number of carbonyl (C=O) groups is 4. The molecule has 38 heavy (non-hydrogen) atoms. The van der Waals surface area contributed by atoms with Gasteiger partial charge in [-0.2, -0.15) is 5.10 Å². The lowest BCUT2D eigenvalue weighted by Crippen LogP contribution is -2.32. The van der Waals surface area contributed by atoms with Crippen LogP contribution < -0.4 is 15.5 Å². The summed E-state index contributed by atoms with van der Waals surface area (Å²) in [5, 5.41) is 6.68. The van der Waals surface area contributed by atoms with E-state index >= 15 is 0 Å². The van der Waals surface area contributed by atoms with Crippen LogP contribution in [-0.2, 0) is 27.2 Å². The molecule has 10 heteroatoms. The van der Waals surface area contributed by atoms with Gasteiger partial charge in [-0.05, 0) is 86.6 Å². The smallest absolute Gasteiger partial charge is 0.343 e. The van der Waals surface area contributed by atoms with E-state index in [0.29, 0.717) is 27.4 Å². The Morgan fingerprint density at radius 1 is 0.974 bits per heavy atom. The highest BCUT2D eigenvalue weighted by Gasteiger charge is 2.28. The summed E-state index contributed by atoms with van der Waals surface area (Å²) in [6, 6.07) is 13.6. The number of fused-ring (bicyclic) bond motifs is 1. The Morgan fingerprint density at radius 2 is 1.71 bits per heavy atom. The van der Waals surface area contributed by atoms with Gasteiger partial charge in [0.1, 0.15) is 10.8 Å². The summed E-state index contributed by atoms with van der Waals surface area (Å²) >= 11 is 1.30. The predicted molar refractivity (Wildman–Crippen MR) is 144 cm³/mol. The van der Waals surface area contributed by atoms with Crippen LogP contribution in [0, 0.1) is 6.92 Å². The van der Waals surface area contributed by atoms with Crippen LogP contribution in [0.1, 0.15) is 62.0 Å². The van der Waals surface area contributed by atoms with Crippen molar-refractivity contribution in [3.63, 3.8) is 0 Å². The molecule has 3 aromatic rings. The number of rotatable bonds is 7. The minimum absolute atomic E-state index is 0.210. The Kier molecular flexibility index (Phi) is 8.65. The van der Waals surface area contributed by atoms with Crippen LogP contribution in [0.25, 0.3) is 0 Å². The molecule has 1 aromatic heterocycles. The second-order valence-electron chi connectivity index (χ2n) is 8.56. The molecule has 0 aliphatic heterocycles. The molecule has 9 nitrogen and oxygen atoms in total. The first-order valence-corrected chi connectivity index (χ1v) is 13.0. The van der Waals surface area contributed by atoms with E-state index in [9.17, 15) is 19.2 Å². The third kappa shape index (κ3) is 6.33. The summed E-state index contributed by atoms with van der Waals surface area (Å²) in [7, 11) is 0. The lowest BCUT2D eigenvalue weighted by molar-refractivity contribution is -0.136. The van der Waals surface area contributed by atoms with Crippen LogP contribution >= 0.6 is 11.3 Å². The van der Waals surface area contributed by atoms with E-state index in [1.807, 2.05) is 19.1 Å². The van der Waals surface area contributed by atoms with Crippen molar-refractivity contribution in [3.05, 3.63) is 81.2 Å². The molecule has 196 valence electrons. The molecule has 2 aromatic carbocycles. The second-order valence-corrected chi connectivity index (χ2v) is 9.67. The summed E-state index contributed by atoms with van der Waals surface area (Å²) in [6.45, 7) is 3.76. The molecule has 1 aliphatic rings. The molecule has 0 spiro atoms. The molecule has 0 radical (unpaired) electrons. The third-order valence-corrected chi connectivity index (χ3v) is 7.13. The minimum atomic E-state index is -0.980. The topological polar surface area (TPSA) is 123 Å². The number of carbonyl (C=O) groups excluding carboxylic acids is 4. The fraction of sp³-hybridized carbons (Fsp3) is 0.250. The molecule has 2 N–H and O–H groups in total. The number of nitrogens with zero attached hydrogens (tertiary/aromatic N) is 1. The summed E-state index contributed by atoms with van der Waals surface area (Å²) < 4.78 is 10.6. The quantitative estimate of drug-likeness (QED) is 0.152. The molecular weight excluding hydrogens is 506 g/mol. The second kappa shape index (κ2) is 12.3. The highest BCUT2D eigenvalue weighted by atomic mass is 32.1. The fourth-order valence-electron chi connectivity index (χ4n) is 4.04. The largest absolute Gasteiger partial charge is 0.462 e. The number of hydrogen-bond acceptors (Lipinski definition) is 8. The van der Waals surface area contributed by atoms with E-state index < -0.39 is 23.8 Å². The molecule has 4 rings (SSSR count). The number of amides is 2. The van der Waals surface area contributed by atoms with Gasteiger partial charge in [0.15, 0.2) is 0 Å². The van der Waals surface area contributed by atoms with Crippen molar-refractivity contribution in [1.82, 2.24) is 5.43 Å². The molecule has 0 saturated heterocycles. The van der Waals surface area contributed by atoms with Crippen LogP contribution in [0.3, 0.4) is 0 Å². The predicted octanol–water partition coefficient (Wildman–Crippen LogP) is 4.42. The number of esters is 2. The van der Waals surface area contributed by atoms with Crippen LogP contribution in [0.15, 0.2) is 53.6 Å². The Bertz CT molecular complexity index is 1390. The molecule has 0 unspecified atom stereocenters. The van der Waals surface area contributed by atoms with Gasteiger partial charge >= 0.3 is 23.8 Å². The van der Waals surface area contributed by atoms with Gasteiger partial charge in [-0.15, -0.1) is 11.3 Å². The number of hydrazone groups is 1. The zero-order valence-electron chi connectivity index (χ0n) is 21.0. The van der Waals surface area contributed by atoms with Gasteiger partial charge < -0.3 is 14.8 Å². The Labute approximate surface area is 223 Å². The minimum Gasteiger partial charge on any atom is -0.462 e. The summed E-state index contributed by atoms with van der Waals surface area (Å²) in [4.78, 5) is 50.7. The molecule has 0 fully saturated rings. The lowest BCUT2D eigenvalue weighted by Gasteiger charge is -2.12. The van der Waals surface area contributed by atoms with Crippen molar-refractivity contribution in [2.75, 3.05) is 11.9 Å². The first kappa shape index (κ1) is 26.7. The lowest BCUT2D eigenvalue weighted by atomic mass is 9.95. The van der Waals surface area contributed by atoms with Crippen molar-refractivity contribution in [3.8, 4) is 5.75 Å². The van der Waals surface area contributed by atoms with Gasteiger partial charge in [-0.25, -0.2) is 15.0 Å². The molecule has 1 aliphatic carbocycles. The van der Waals surface area contributed by atoms with Crippen molar-refractivity contribution >= 4 is 46.3 Å². The van der Waals surface area contributed by atoms with E-state index in [0.717, 1.165) is 41.7 Å². The molecular formula is C28H27N3O6S. The molecule has 0 saturated carbocycles. The molecule has 0 atom stereocenters. The average Bonchev–Trinajstić information content (AvgIpc) is 3.27. The first-order chi connectivity index (χ1) is 18.4. The van der Waals surface area contributed by atoms with Crippen molar-refractivity contribution in [2.45, 2.75) is 39.5 Å². The van der Waals surface area contributed by atoms with E-state index in [1.54, 1.807) is 43.3 Å². The highest BCUT2D eigenvalue weighted by Crippen LogP contribution is 2.38. The van der Waals surface area contributed by atoms with Gasteiger partial charge in [0.05, 0.1) is 23.9 Å². The monoisotopic (exact) mass is 533 g/mol. The maximum atomic E-state index is 12.5. The number of hydrogen-bond donors (Lipinski definition) is 2. The van der Waals surface area contributed by atoms with Gasteiger partial charge in [0, 0.05) is 4.88 Å². The van der Waals surface area contributed by atoms with Crippen LogP contribution in [0.4, 0.5) is 5.00 Å². The molecule has 0 bridgehead atoms. The maximum Gasteiger partial charge on any atom is 0.343 e. The fourth-order valence-corrected chi connectivity index (χ4v) is 5.31. The van der Waals surface area contributed by atoms with E-state index in [2.05, 4.69) is 15.8 Å². The number of aryl methyl sites for hydroxylation is 2. The normalized spacial score (nSPS) is 12.5. The average molecular weight is 534 g/mol. The number of thiophene rings is 1. The summed E-state index contributed by atoms with van der Waals surface area (Å²) in [5.74, 6) is -2.53. The van der Waals surface area contributed by atoms with E-state index in [1.165, 1.54) is 17.6 Å². The van der Waals surface area contributed by atoms with Crippen molar-refractivity contribution in [2.24, 2.45) is 5.10 Å². The van der Waals surface area contributed by atoms with Gasteiger partial charge in [0.25, 0.3) is 0 Å². The molecule has 1 heterocycles. The van der Waals surface area contributed by atoms with Gasteiger partial charge in [-0.1, -0.05) is 18.2 Å². The zero-order chi connectivity index (χ0) is 27.1. The Balaban J connectivity index is 1.34. The summed E-state index contributed by atoms with van der Waals surface area (Å²) in [5.41, 5.74) is 5.31. The Hall–Kier alpha value is -4.31. The maximum absolute atomic E-state index is 12.5. The number of benzene rings is 2. The van der Waals surface area contributed by atoms with Crippen LogP contribution in [-0.4, -0.2) is 36.6 Å². The van der Waals surface area contributed by atoms with Gasteiger partial charge in [0.2, 0.25) is 0 Å². The van der Waals surface area contributed by atoms with Crippen molar-refractivity contribution in [1.29, 1.82) is 0 Å². The number of nitrogens with one attached hydrogen (secondary N) is 2. The van der Waals surface area contributed by atoms with Crippen molar-refractivity contribution < 1.29 is 28.7 Å². The first-order valence-electron chi connectivity index (χ1n) is 12.2. The highest BCUT2D eigenvalue weighted by molar-refractivity contribution is 7.17. The van der Waals surface area contributed by atoms with Crippen LogP contribution in [0.2, 0.25) is 0 Å². The van der Waals surface area contributed by atoms with E-state index in [-0.39, 0.29) is 6.61 Å². The van der Waals surface area contributed by atoms with Crippen LogP contribution in [0.5, 0.6) is 5.75 Å². The number of ether oxygens (including phenoxy) is 2. The Morgan fingerprint density at radius 3 is 2.45 bits per heavy atom.